The molecular weight excluding hydrogens is 352 g/mol. The third kappa shape index (κ3) is 1.48. The Labute approximate surface area is 166 Å². The van der Waals surface area contributed by atoms with Gasteiger partial charge in [0.25, 0.3) is 0 Å². The third-order valence-corrected chi connectivity index (χ3v) is 6.67. The molecule has 0 amide bonds. The van der Waals surface area contributed by atoms with Crippen LogP contribution in [0.1, 0.15) is 0 Å². The Morgan fingerprint density at radius 3 is 2.24 bits per heavy atom. The van der Waals surface area contributed by atoms with E-state index in [1.165, 1.54) is 65.7 Å². The number of pyridine rings is 1. The van der Waals surface area contributed by atoms with Gasteiger partial charge in [-0.3, -0.25) is 4.98 Å². The first-order valence-corrected chi connectivity index (χ1v) is 9.99. The first-order valence-electron chi connectivity index (χ1n) is 9.99. The maximum absolute atomic E-state index is 4.84. The number of rotatable bonds is 0. The van der Waals surface area contributed by atoms with Gasteiger partial charge in [0.2, 0.25) is 0 Å². The molecule has 0 aliphatic carbocycles. The van der Waals surface area contributed by atoms with Gasteiger partial charge in [-0.25, -0.2) is 0 Å². The molecule has 0 saturated heterocycles. The van der Waals surface area contributed by atoms with Crippen LogP contribution in [0.25, 0.3) is 54.3 Å². The lowest BCUT2D eigenvalue weighted by molar-refractivity contribution is 1.27. The van der Waals surface area contributed by atoms with Gasteiger partial charge in [-0.1, -0.05) is 54.6 Å². The van der Waals surface area contributed by atoms with Crippen LogP contribution in [0.4, 0.5) is 17.1 Å². The Balaban J connectivity index is 1.81. The fourth-order valence-corrected chi connectivity index (χ4v) is 5.56. The molecule has 6 aromatic rings. The maximum atomic E-state index is 4.84. The van der Waals surface area contributed by atoms with Gasteiger partial charge in [0.15, 0.2) is 0 Å². The minimum Gasteiger partial charge on any atom is -0.308 e. The molecule has 5 aromatic carbocycles. The van der Waals surface area contributed by atoms with E-state index in [-0.39, 0.29) is 0 Å². The SMILES string of the molecule is c1ccc2c(c1)-c1nccc3cc4ccc5ccc6cccc7c6c5c4c(c13)N27. The Morgan fingerprint density at radius 1 is 0.552 bits per heavy atom. The smallest absolute Gasteiger partial charge is 0.0822 e. The van der Waals surface area contributed by atoms with Crippen molar-refractivity contribution in [3.8, 4) is 11.3 Å². The highest BCUT2D eigenvalue weighted by Gasteiger charge is 2.33. The fourth-order valence-electron chi connectivity index (χ4n) is 5.56. The second kappa shape index (κ2) is 4.56. The van der Waals surface area contributed by atoms with Crippen LogP contribution in [-0.4, -0.2) is 4.98 Å². The van der Waals surface area contributed by atoms with E-state index in [9.17, 15) is 0 Å². The molecule has 0 atom stereocenters. The predicted molar refractivity (Wildman–Crippen MR) is 121 cm³/mol. The summed E-state index contributed by atoms with van der Waals surface area (Å²) in [6, 6.07) is 28.9. The van der Waals surface area contributed by atoms with E-state index in [0.717, 1.165) is 5.69 Å². The second-order valence-corrected chi connectivity index (χ2v) is 8.04. The summed E-state index contributed by atoms with van der Waals surface area (Å²) in [5, 5.41) is 10.5. The number of aromatic nitrogens is 1. The van der Waals surface area contributed by atoms with Crippen LogP contribution in [0.3, 0.4) is 0 Å². The minimum absolute atomic E-state index is 1.09. The monoisotopic (exact) mass is 366 g/mol. The van der Waals surface area contributed by atoms with E-state index in [2.05, 4.69) is 83.8 Å². The molecule has 29 heavy (non-hydrogen) atoms. The van der Waals surface area contributed by atoms with Gasteiger partial charge in [0, 0.05) is 33.3 Å². The molecule has 2 heteroatoms. The summed E-state index contributed by atoms with van der Waals surface area (Å²) in [7, 11) is 0. The fraction of sp³-hybridized carbons (Fsp3) is 0. The van der Waals surface area contributed by atoms with E-state index in [1.54, 1.807) is 0 Å². The number of fused-ring (bicyclic) bond motifs is 4. The molecule has 8 rings (SSSR count). The molecule has 2 aliphatic heterocycles. The van der Waals surface area contributed by atoms with Gasteiger partial charge in [-0.2, -0.15) is 0 Å². The van der Waals surface area contributed by atoms with Crippen molar-refractivity contribution >= 4 is 60.2 Å². The van der Waals surface area contributed by atoms with Gasteiger partial charge < -0.3 is 4.90 Å². The van der Waals surface area contributed by atoms with Gasteiger partial charge in [-0.05, 0) is 45.8 Å². The number of hydrogen-bond donors (Lipinski definition) is 0. The summed E-state index contributed by atoms with van der Waals surface area (Å²) >= 11 is 0. The zero-order chi connectivity index (χ0) is 18.7. The van der Waals surface area contributed by atoms with Crippen LogP contribution >= 0.6 is 0 Å². The molecule has 1 aromatic heterocycles. The van der Waals surface area contributed by atoms with Crippen molar-refractivity contribution in [1.29, 1.82) is 0 Å². The van der Waals surface area contributed by atoms with Gasteiger partial charge >= 0.3 is 0 Å². The van der Waals surface area contributed by atoms with Crippen molar-refractivity contribution in [3.63, 3.8) is 0 Å². The lowest BCUT2D eigenvalue weighted by Crippen LogP contribution is -2.18. The van der Waals surface area contributed by atoms with Crippen molar-refractivity contribution in [2.45, 2.75) is 0 Å². The zero-order valence-electron chi connectivity index (χ0n) is 15.5. The Kier molecular flexibility index (Phi) is 2.22. The van der Waals surface area contributed by atoms with Crippen molar-refractivity contribution < 1.29 is 0 Å². The summed E-state index contributed by atoms with van der Waals surface area (Å²) in [5.41, 5.74) is 6.06. The van der Waals surface area contributed by atoms with Gasteiger partial charge in [0.1, 0.15) is 0 Å². The number of nitrogens with zero attached hydrogens (tertiary/aromatic N) is 2. The molecule has 3 heterocycles. The van der Waals surface area contributed by atoms with Crippen LogP contribution in [-0.2, 0) is 0 Å². The predicted octanol–water partition coefficient (Wildman–Crippen LogP) is 7.46. The lowest BCUT2D eigenvalue weighted by Gasteiger charge is -2.37. The Hall–Kier alpha value is -3.91. The first kappa shape index (κ1) is 14.1. The standard InChI is InChI=1S/C27H14N2/c1-2-6-20-19(5-1)26-25-18(12-13-28-26)14-17-11-10-16-9-8-15-4-3-7-21-22(15)23(16)24(17)27(25)29(20)21/h1-14H. The largest absolute Gasteiger partial charge is 0.308 e. The van der Waals surface area contributed by atoms with E-state index in [1.807, 2.05) is 6.20 Å². The molecule has 0 bridgehead atoms. The Bertz CT molecular complexity index is 1710. The highest BCUT2D eigenvalue weighted by Crippen LogP contribution is 2.58. The van der Waals surface area contributed by atoms with Gasteiger partial charge in [-0.15, -0.1) is 0 Å². The number of anilines is 3. The van der Waals surface area contributed by atoms with Crippen LogP contribution in [0, 0.1) is 0 Å². The number of para-hydroxylation sites is 1. The number of hydrogen-bond acceptors (Lipinski definition) is 2. The lowest BCUT2D eigenvalue weighted by atomic mass is 9.85. The van der Waals surface area contributed by atoms with Gasteiger partial charge in [0.05, 0.1) is 22.8 Å². The van der Waals surface area contributed by atoms with E-state index in [0.29, 0.717) is 0 Å². The molecule has 0 spiro atoms. The first-order chi connectivity index (χ1) is 14.4. The van der Waals surface area contributed by atoms with Crippen LogP contribution in [0.2, 0.25) is 0 Å². The summed E-state index contributed by atoms with van der Waals surface area (Å²) < 4.78 is 0. The topological polar surface area (TPSA) is 16.1 Å². The summed E-state index contributed by atoms with van der Waals surface area (Å²) in [4.78, 5) is 7.32. The van der Waals surface area contributed by atoms with Crippen molar-refractivity contribution in [2.75, 3.05) is 4.90 Å². The summed E-state index contributed by atoms with van der Waals surface area (Å²) in [6.07, 6.45) is 1.94. The molecule has 0 unspecified atom stereocenters. The highest BCUT2D eigenvalue weighted by molar-refractivity contribution is 6.36. The highest BCUT2D eigenvalue weighted by atomic mass is 15.2. The normalized spacial score (nSPS) is 13.4. The molecule has 0 saturated carbocycles. The molecule has 0 fully saturated rings. The average Bonchev–Trinajstić information content (AvgIpc) is 2.78. The molecule has 2 nitrogen and oxygen atoms in total. The quantitative estimate of drug-likeness (QED) is 0.204. The van der Waals surface area contributed by atoms with Crippen LogP contribution in [0.5, 0.6) is 0 Å². The van der Waals surface area contributed by atoms with E-state index < -0.39 is 0 Å². The molecular formula is C27H14N2. The summed E-state index contributed by atoms with van der Waals surface area (Å²) in [5.74, 6) is 0. The molecule has 2 aliphatic rings. The van der Waals surface area contributed by atoms with Crippen molar-refractivity contribution in [1.82, 2.24) is 4.98 Å². The average molecular weight is 366 g/mol. The minimum atomic E-state index is 1.09. The third-order valence-electron chi connectivity index (χ3n) is 6.67. The van der Waals surface area contributed by atoms with Crippen molar-refractivity contribution in [3.05, 3.63) is 85.1 Å². The molecule has 0 radical (unpaired) electrons. The Morgan fingerprint density at radius 2 is 1.31 bits per heavy atom. The maximum Gasteiger partial charge on any atom is 0.0822 e. The van der Waals surface area contributed by atoms with E-state index in [4.69, 9.17) is 4.98 Å². The van der Waals surface area contributed by atoms with Crippen molar-refractivity contribution in [2.24, 2.45) is 0 Å². The van der Waals surface area contributed by atoms with E-state index >= 15 is 0 Å². The molecule has 132 valence electrons. The van der Waals surface area contributed by atoms with Crippen LogP contribution in [0.15, 0.2) is 85.1 Å². The zero-order valence-corrected chi connectivity index (χ0v) is 15.5. The number of benzene rings is 5. The molecule has 0 N–H and O–H groups in total. The van der Waals surface area contributed by atoms with Crippen LogP contribution < -0.4 is 4.90 Å². The summed E-state index contributed by atoms with van der Waals surface area (Å²) in [6.45, 7) is 0. The second-order valence-electron chi connectivity index (χ2n) is 8.04.